The van der Waals surface area contributed by atoms with Gasteiger partial charge in [-0.25, -0.2) is 4.98 Å². The van der Waals surface area contributed by atoms with Crippen molar-refractivity contribution in [2.75, 3.05) is 0 Å². The highest BCUT2D eigenvalue weighted by atomic mass is 79.9. The van der Waals surface area contributed by atoms with Crippen LogP contribution in [0.25, 0.3) is 11.0 Å². The average molecular weight is 279 g/mol. The van der Waals surface area contributed by atoms with Gasteiger partial charge in [0, 0.05) is 6.04 Å². The SMILES string of the molecule is Cc1ccc2c(c1)nc(Br)n2C1CCCC1. The number of fused-ring (bicyclic) bond motifs is 1. The van der Waals surface area contributed by atoms with E-state index in [0.717, 1.165) is 10.3 Å². The lowest BCUT2D eigenvalue weighted by Gasteiger charge is -2.13. The molecule has 1 aliphatic carbocycles. The zero-order valence-electron chi connectivity index (χ0n) is 9.41. The Balaban J connectivity index is 2.18. The first kappa shape index (κ1) is 10.3. The summed E-state index contributed by atoms with van der Waals surface area (Å²) in [6.45, 7) is 2.11. The Hall–Kier alpha value is -0.830. The van der Waals surface area contributed by atoms with Gasteiger partial charge in [-0.1, -0.05) is 18.9 Å². The summed E-state index contributed by atoms with van der Waals surface area (Å²) in [6.07, 6.45) is 5.28. The Bertz CT molecular complexity index is 524. The van der Waals surface area contributed by atoms with Crippen LogP contribution in [0, 0.1) is 6.92 Å². The summed E-state index contributed by atoms with van der Waals surface area (Å²) in [6, 6.07) is 7.16. The van der Waals surface area contributed by atoms with E-state index in [9.17, 15) is 0 Å². The van der Waals surface area contributed by atoms with Crippen molar-refractivity contribution in [3.63, 3.8) is 0 Å². The van der Waals surface area contributed by atoms with Gasteiger partial charge < -0.3 is 4.57 Å². The minimum Gasteiger partial charge on any atom is -0.315 e. The highest BCUT2D eigenvalue weighted by Gasteiger charge is 2.21. The van der Waals surface area contributed by atoms with Crippen LogP contribution in [0.4, 0.5) is 0 Å². The summed E-state index contributed by atoms with van der Waals surface area (Å²) in [5.41, 5.74) is 3.65. The summed E-state index contributed by atoms with van der Waals surface area (Å²) >= 11 is 3.60. The first-order valence-electron chi connectivity index (χ1n) is 5.90. The molecule has 1 aliphatic rings. The fraction of sp³-hybridized carbons (Fsp3) is 0.462. The van der Waals surface area contributed by atoms with E-state index in [2.05, 4.69) is 50.6 Å². The zero-order chi connectivity index (χ0) is 11.1. The lowest BCUT2D eigenvalue weighted by atomic mass is 10.2. The minimum absolute atomic E-state index is 0.641. The fourth-order valence-corrected chi connectivity index (χ4v) is 3.36. The molecule has 1 aromatic carbocycles. The molecule has 0 bridgehead atoms. The van der Waals surface area contributed by atoms with Gasteiger partial charge >= 0.3 is 0 Å². The number of hydrogen-bond acceptors (Lipinski definition) is 1. The number of benzene rings is 1. The van der Waals surface area contributed by atoms with E-state index in [1.165, 1.54) is 36.8 Å². The Labute approximate surface area is 104 Å². The molecule has 0 saturated heterocycles. The summed E-state index contributed by atoms with van der Waals surface area (Å²) in [5, 5.41) is 0. The molecule has 0 N–H and O–H groups in total. The van der Waals surface area contributed by atoms with Crippen LogP contribution in [0.15, 0.2) is 22.9 Å². The highest BCUT2D eigenvalue weighted by molar-refractivity contribution is 9.10. The van der Waals surface area contributed by atoms with Crippen molar-refractivity contribution in [1.29, 1.82) is 0 Å². The maximum atomic E-state index is 4.60. The molecule has 0 unspecified atom stereocenters. The molecule has 0 spiro atoms. The number of imidazole rings is 1. The molecule has 0 atom stereocenters. The highest BCUT2D eigenvalue weighted by Crippen LogP contribution is 2.35. The molecule has 1 fully saturated rings. The summed E-state index contributed by atoms with van der Waals surface area (Å²) in [7, 11) is 0. The van der Waals surface area contributed by atoms with E-state index in [0.29, 0.717) is 6.04 Å². The van der Waals surface area contributed by atoms with Crippen molar-refractivity contribution < 1.29 is 0 Å². The topological polar surface area (TPSA) is 17.8 Å². The number of aryl methyl sites for hydroxylation is 1. The second-order valence-corrected chi connectivity index (χ2v) is 5.39. The van der Waals surface area contributed by atoms with Crippen molar-refractivity contribution >= 4 is 27.0 Å². The van der Waals surface area contributed by atoms with Gasteiger partial charge in [-0.3, -0.25) is 0 Å². The van der Waals surface area contributed by atoms with E-state index < -0.39 is 0 Å². The van der Waals surface area contributed by atoms with E-state index >= 15 is 0 Å². The normalized spacial score (nSPS) is 17.4. The number of aromatic nitrogens is 2. The molecule has 0 radical (unpaired) electrons. The molecule has 3 rings (SSSR count). The number of halogens is 1. The van der Waals surface area contributed by atoms with Gasteiger partial charge in [0.1, 0.15) is 0 Å². The van der Waals surface area contributed by atoms with Crippen molar-refractivity contribution in [1.82, 2.24) is 9.55 Å². The van der Waals surface area contributed by atoms with Gasteiger partial charge in [-0.2, -0.15) is 0 Å². The molecule has 2 aromatic rings. The predicted molar refractivity (Wildman–Crippen MR) is 69.7 cm³/mol. The van der Waals surface area contributed by atoms with E-state index in [-0.39, 0.29) is 0 Å². The van der Waals surface area contributed by atoms with Crippen LogP contribution in [0.1, 0.15) is 37.3 Å². The standard InChI is InChI=1S/C13H15BrN2/c1-9-6-7-12-11(8-9)15-13(14)16(12)10-4-2-3-5-10/h6-8,10H,2-5H2,1H3. The van der Waals surface area contributed by atoms with E-state index in [1.54, 1.807) is 0 Å². The van der Waals surface area contributed by atoms with Gasteiger partial charge in [0.25, 0.3) is 0 Å². The van der Waals surface area contributed by atoms with Crippen molar-refractivity contribution in [2.24, 2.45) is 0 Å². The lowest BCUT2D eigenvalue weighted by Crippen LogP contribution is -2.04. The Morgan fingerprint density at radius 3 is 2.81 bits per heavy atom. The Kier molecular flexibility index (Phi) is 2.51. The second kappa shape index (κ2) is 3.88. The first-order valence-corrected chi connectivity index (χ1v) is 6.69. The van der Waals surface area contributed by atoms with E-state index in [4.69, 9.17) is 0 Å². The molecule has 1 heterocycles. The molecule has 3 heteroatoms. The zero-order valence-corrected chi connectivity index (χ0v) is 11.0. The van der Waals surface area contributed by atoms with Crippen LogP contribution in [-0.2, 0) is 0 Å². The monoisotopic (exact) mass is 278 g/mol. The predicted octanol–water partition coefficient (Wildman–Crippen LogP) is 4.22. The average Bonchev–Trinajstić information content (AvgIpc) is 2.83. The lowest BCUT2D eigenvalue weighted by molar-refractivity contribution is 0.522. The van der Waals surface area contributed by atoms with Gasteiger partial charge in [0.15, 0.2) is 4.73 Å². The van der Waals surface area contributed by atoms with Gasteiger partial charge in [0.05, 0.1) is 11.0 Å². The number of nitrogens with zero attached hydrogens (tertiary/aromatic N) is 2. The van der Waals surface area contributed by atoms with Crippen molar-refractivity contribution in [3.8, 4) is 0 Å². The van der Waals surface area contributed by atoms with Gasteiger partial charge in [-0.05, 0) is 53.4 Å². The fourth-order valence-electron chi connectivity index (χ4n) is 2.69. The molecule has 0 aliphatic heterocycles. The van der Waals surface area contributed by atoms with Crippen LogP contribution in [0.5, 0.6) is 0 Å². The molecule has 2 nitrogen and oxygen atoms in total. The molecule has 0 amide bonds. The van der Waals surface area contributed by atoms with Crippen molar-refractivity contribution in [3.05, 3.63) is 28.5 Å². The molecular formula is C13H15BrN2. The molecule has 16 heavy (non-hydrogen) atoms. The van der Waals surface area contributed by atoms with Crippen LogP contribution < -0.4 is 0 Å². The van der Waals surface area contributed by atoms with Crippen LogP contribution in [0.3, 0.4) is 0 Å². The maximum Gasteiger partial charge on any atom is 0.178 e. The van der Waals surface area contributed by atoms with Crippen LogP contribution >= 0.6 is 15.9 Å². The summed E-state index contributed by atoms with van der Waals surface area (Å²) < 4.78 is 3.35. The molecule has 1 saturated carbocycles. The summed E-state index contributed by atoms with van der Waals surface area (Å²) in [5.74, 6) is 0. The van der Waals surface area contributed by atoms with Crippen LogP contribution in [0.2, 0.25) is 0 Å². The third kappa shape index (κ3) is 1.58. The Morgan fingerprint density at radius 2 is 2.06 bits per heavy atom. The second-order valence-electron chi connectivity index (χ2n) is 4.68. The van der Waals surface area contributed by atoms with Gasteiger partial charge in [-0.15, -0.1) is 0 Å². The quantitative estimate of drug-likeness (QED) is 0.764. The Morgan fingerprint density at radius 1 is 1.31 bits per heavy atom. The number of hydrogen-bond donors (Lipinski definition) is 0. The molecule has 84 valence electrons. The molecular weight excluding hydrogens is 264 g/mol. The van der Waals surface area contributed by atoms with E-state index in [1.807, 2.05) is 0 Å². The summed E-state index contributed by atoms with van der Waals surface area (Å²) in [4.78, 5) is 4.60. The first-order chi connectivity index (χ1) is 7.75. The third-order valence-corrected chi connectivity index (χ3v) is 4.05. The molecule has 1 aromatic heterocycles. The van der Waals surface area contributed by atoms with Crippen molar-refractivity contribution in [2.45, 2.75) is 38.6 Å². The largest absolute Gasteiger partial charge is 0.315 e. The maximum absolute atomic E-state index is 4.60. The number of rotatable bonds is 1. The van der Waals surface area contributed by atoms with Crippen LogP contribution in [-0.4, -0.2) is 9.55 Å². The smallest absolute Gasteiger partial charge is 0.178 e. The van der Waals surface area contributed by atoms with Gasteiger partial charge in [0.2, 0.25) is 0 Å². The third-order valence-electron chi connectivity index (χ3n) is 3.49. The minimum atomic E-state index is 0.641.